The average molecular weight is 285 g/mol. The third kappa shape index (κ3) is 1.84. The highest BCUT2D eigenvalue weighted by Gasteiger charge is 2.39. The maximum absolute atomic E-state index is 14.8. The second kappa shape index (κ2) is 4.50. The minimum atomic E-state index is -1.76. The van der Waals surface area contributed by atoms with Crippen LogP contribution in [0.15, 0.2) is 48.6 Å². The first-order valence-corrected chi connectivity index (χ1v) is 6.16. The van der Waals surface area contributed by atoms with Gasteiger partial charge in [-0.2, -0.15) is 0 Å². The second-order valence-corrected chi connectivity index (χ2v) is 4.40. The molecule has 2 rings (SSSR count). The van der Waals surface area contributed by atoms with E-state index in [1.807, 2.05) is 0 Å². The summed E-state index contributed by atoms with van der Waals surface area (Å²) in [6.45, 7) is 0. The SMILES string of the molecule is Fc1ccccc1C1(F)C=CC=CC1CBr. The highest BCUT2D eigenvalue weighted by atomic mass is 79.9. The molecule has 0 amide bonds. The fourth-order valence-electron chi connectivity index (χ4n) is 1.88. The van der Waals surface area contributed by atoms with Crippen molar-refractivity contribution in [1.82, 2.24) is 0 Å². The summed E-state index contributed by atoms with van der Waals surface area (Å²) in [4.78, 5) is 0. The van der Waals surface area contributed by atoms with Crippen LogP contribution in [0.4, 0.5) is 8.78 Å². The van der Waals surface area contributed by atoms with Gasteiger partial charge in [-0.1, -0.05) is 52.4 Å². The van der Waals surface area contributed by atoms with E-state index < -0.39 is 11.5 Å². The lowest BCUT2D eigenvalue weighted by atomic mass is 9.81. The molecular formula is C13H11BrF2. The number of rotatable bonds is 2. The van der Waals surface area contributed by atoms with Crippen LogP contribution < -0.4 is 0 Å². The molecule has 0 saturated heterocycles. The normalized spacial score (nSPS) is 28.3. The van der Waals surface area contributed by atoms with Crippen molar-refractivity contribution in [2.75, 3.05) is 5.33 Å². The van der Waals surface area contributed by atoms with Crippen LogP contribution in [0.2, 0.25) is 0 Å². The van der Waals surface area contributed by atoms with Gasteiger partial charge in [0, 0.05) is 16.8 Å². The zero-order valence-electron chi connectivity index (χ0n) is 8.54. The van der Waals surface area contributed by atoms with Gasteiger partial charge in [0.2, 0.25) is 0 Å². The summed E-state index contributed by atoms with van der Waals surface area (Å²) in [5.41, 5.74) is -1.66. The Morgan fingerprint density at radius 3 is 2.69 bits per heavy atom. The van der Waals surface area contributed by atoms with Gasteiger partial charge in [0.15, 0.2) is 5.67 Å². The summed E-state index contributed by atoms with van der Waals surface area (Å²) in [6.07, 6.45) is 6.56. The minimum absolute atomic E-state index is 0.0973. The number of hydrogen-bond donors (Lipinski definition) is 0. The number of allylic oxidation sites excluding steroid dienone is 4. The van der Waals surface area contributed by atoms with E-state index in [4.69, 9.17) is 0 Å². The van der Waals surface area contributed by atoms with Gasteiger partial charge in [-0.05, 0) is 12.1 Å². The van der Waals surface area contributed by atoms with Crippen molar-refractivity contribution in [3.05, 3.63) is 60.0 Å². The summed E-state index contributed by atoms with van der Waals surface area (Å²) < 4.78 is 28.4. The zero-order valence-corrected chi connectivity index (χ0v) is 10.1. The van der Waals surface area contributed by atoms with E-state index in [2.05, 4.69) is 15.9 Å². The molecule has 84 valence electrons. The molecule has 1 aliphatic rings. The van der Waals surface area contributed by atoms with Crippen LogP contribution in [0.3, 0.4) is 0 Å². The van der Waals surface area contributed by atoms with Crippen LogP contribution in [-0.2, 0) is 5.67 Å². The van der Waals surface area contributed by atoms with E-state index in [1.165, 1.54) is 18.2 Å². The lowest BCUT2D eigenvalue weighted by Crippen LogP contribution is -2.30. The Bertz CT molecular complexity index is 439. The molecule has 0 spiro atoms. The standard InChI is InChI=1S/C13H11BrF2/c14-9-10-5-3-4-8-13(10,16)11-6-1-2-7-12(11)15/h1-8,10H,9H2. The van der Waals surface area contributed by atoms with Crippen molar-refractivity contribution in [2.45, 2.75) is 5.67 Å². The van der Waals surface area contributed by atoms with Crippen LogP contribution in [0.25, 0.3) is 0 Å². The second-order valence-electron chi connectivity index (χ2n) is 3.75. The molecule has 0 fully saturated rings. The first-order chi connectivity index (χ1) is 7.68. The maximum Gasteiger partial charge on any atom is 0.164 e. The highest BCUT2D eigenvalue weighted by Crippen LogP contribution is 2.40. The van der Waals surface area contributed by atoms with Crippen LogP contribution in [0, 0.1) is 11.7 Å². The maximum atomic E-state index is 14.8. The number of hydrogen-bond acceptors (Lipinski definition) is 0. The molecule has 0 saturated carbocycles. The van der Waals surface area contributed by atoms with Crippen LogP contribution in [-0.4, -0.2) is 5.33 Å². The summed E-state index contributed by atoms with van der Waals surface area (Å²) in [5, 5.41) is 0.457. The van der Waals surface area contributed by atoms with Gasteiger partial charge in [-0.15, -0.1) is 0 Å². The van der Waals surface area contributed by atoms with Crippen molar-refractivity contribution in [3.63, 3.8) is 0 Å². The largest absolute Gasteiger partial charge is 0.233 e. The smallest absolute Gasteiger partial charge is 0.164 e. The lowest BCUT2D eigenvalue weighted by molar-refractivity contribution is 0.173. The first kappa shape index (κ1) is 11.5. The molecule has 2 atom stereocenters. The number of halogens is 3. The Balaban J connectivity index is 2.49. The summed E-state index contributed by atoms with van der Waals surface area (Å²) in [5.74, 6) is -0.884. The molecule has 16 heavy (non-hydrogen) atoms. The Morgan fingerprint density at radius 1 is 1.25 bits per heavy atom. The third-order valence-corrected chi connectivity index (χ3v) is 3.48. The van der Waals surface area contributed by atoms with Crippen molar-refractivity contribution < 1.29 is 8.78 Å². The van der Waals surface area contributed by atoms with E-state index in [0.717, 1.165) is 0 Å². The van der Waals surface area contributed by atoms with Gasteiger partial charge in [-0.25, -0.2) is 8.78 Å². The number of alkyl halides is 2. The summed E-state index contributed by atoms with van der Waals surface area (Å²) in [7, 11) is 0. The van der Waals surface area contributed by atoms with E-state index >= 15 is 0 Å². The van der Waals surface area contributed by atoms with Crippen molar-refractivity contribution in [1.29, 1.82) is 0 Å². The van der Waals surface area contributed by atoms with Gasteiger partial charge in [-0.3, -0.25) is 0 Å². The molecule has 0 aliphatic heterocycles. The van der Waals surface area contributed by atoms with Gasteiger partial charge in [0.1, 0.15) is 5.82 Å². The Morgan fingerprint density at radius 2 is 2.00 bits per heavy atom. The molecule has 3 heteroatoms. The highest BCUT2D eigenvalue weighted by molar-refractivity contribution is 9.09. The van der Waals surface area contributed by atoms with E-state index in [0.29, 0.717) is 5.33 Å². The fourth-order valence-corrected chi connectivity index (χ4v) is 2.57. The van der Waals surface area contributed by atoms with Crippen LogP contribution >= 0.6 is 15.9 Å². The monoisotopic (exact) mass is 284 g/mol. The molecule has 0 N–H and O–H groups in total. The Labute approximate surface area is 102 Å². The van der Waals surface area contributed by atoms with Crippen molar-refractivity contribution in [2.24, 2.45) is 5.92 Å². The molecule has 1 aliphatic carbocycles. The predicted octanol–water partition coefficient (Wildman–Crippen LogP) is 4.13. The van der Waals surface area contributed by atoms with Gasteiger partial charge in [0.25, 0.3) is 0 Å². The first-order valence-electron chi connectivity index (χ1n) is 5.04. The molecule has 1 aromatic carbocycles. The quantitative estimate of drug-likeness (QED) is 0.717. The zero-order chi connectivity index (χ0) is 11.6. The van der Waals surface area contributed by atoms with Gasteiger partial charge < -0.3 is 0 Å². The van der Waals surface area contributed by atoms with E-state index in [1.54, 1.807) is 30.4 Å². The molecule has 0 heterocycles. The summed E-state index contributed by atoms with van der Waals surface area (Å²) in [6, 6.07) is 5.99. The molecule has 0 bridgehead atoms. The predicted molar refractivity (Wildman–Crippen MR) is 64.8 cm³/mol. The van der Waals surface area contributed by atoms with E-state index in [9.17, 15) is 8.78 Å². The van der Waals surface area contributed by atoms with E-state index in [-0.39, 0.29) is 11.5 Å². The topological polar surface area (TPSA) is 0 Å². The van der Waals surface area contributed by atoms with Crippen LogP contribution in [0.1, 0.15) is 5.56 Å². The number of benzene rings is 1. The van der Waals surface area contributed by atoms with Crippen LogP contribution in [0.5, 0.6) is 0 Å². The third-order valence-electron chi connectivity index (χ3n) is 2.79. The molecular weight excluding hydrogens is 274 g/mol. The fraction of sp³-hybridized carbons (Fsp3) is 0.231. The average Bonchev–Trinajstić information content (AvgIpc) is 2.30. The van der Waals surface area contributed by atoms with Gasteiger partial charge in [0.05, 0.1) is 0 Å². The Kier molecular flexibility index (Phi) is 3.24. The van der Waals surface area contributed by atoms with Crippen molar-refractivity contribution in [3.8, 4) is 0 Å². The molecule has 1 aromatic rings. The Hall–Kier alpha value is -0.960. The molecule has 0 nitrogen and oxygen atoms in total. The van der Waals surface area contributed by atoms with Gasteiger partial charge >= 0.3 is 0 Å². The molecule has 0 radical (unpaired) electrons. The summed E-state index contributed by atoms with van der Waals surface area (Å²) >= 11 is 3.26. The lowest BCUT2D eigenvalue weighted by Gasteiger charge is -2.30. The molecule has 0 aromatic heterocycles. The molecule has 2 unspecified atom stereocenters. The van der Waals surface area contributed by atoms with Crippen molar-refractivity contribution >= 4 is 15.9 Å². The minimum Gasteiger partial charge on any atom is -0.233 e.